The van der Waals surface area contributed by atoms with Crippen molar-refractivity contribution < 1.29 is 19.8 Å². The number of amides is 1. The molecular weight excluding hydrogens is 296 g/mol. The number of carboxylic acid groups (broad SMARTS) is 1. The maximum absolute atomic E-state index is 12.1. The van der Waals surface area contributed by atoms with Crippen LogP contribution in [0.25, 0.3) is 0 Å². The van der Waals surface area contributed by atoms with Gasteiger partial charge in [0.2, 0.25) is 5.91 Å². The Balaban J connectivity index is 1.83. The molecule has 0 spiro atoms. The first kappa shape index (κ1) is 17.3. The molecular formula is C17H24N2O4. The predicted molar refractivity (Wildman–Crippen MR) is 85.9 cm³/mol. The van der Waals surface area contributed by atoms with Crippen LogP contribution in [0, 0.1) is 11.8 Å². The van der Waals surface area contributed by atoms with Crippen molar-refractivity contribution in [1.82, 2.24) is 5.32 Å². The molecule has 1 aromatic rings. The van der Waals surface area contributed by atoms with E-state index in [9.17, 15) is 19.8 Å². The first-order valence-corrected chi connectivity index (χ1v) is 8.01. The molecule has 5 N–H and O–H groups in total. The number of hydrogen-bond acceptors (Lipinski definition) is 4. The third-order valence-corrected chi connectivity index (χ3v) is 4.49. The van der Waals surface area contributed by atoms with E-state index in [1.807, 2.05) is 0 Å². The van der Waals surface area contributed by atoms with Crippen molar-refractivity contribution in [2.75, 3.05) is 6.54 Å². The van der Waals surface area contributed by atoms with Gasteiger partial charge in [0.1, 0.15) is 5.75 Å². The second-order valence-electron chi connectivity index (χ2n) is 6.21. The lowest BCUT2D eigenvalue weighted by Gasteiger charge is -2.29. The number of aromatic hydroxyl groups is 1. The summed E-state index contributed by atoms with van der Waals surface area (Å²) in [6.45, 7) is 0.360. The van der Waals surface area contributed by atoms with Crippen molar-refractivity contribution in [2.45, 2.75) is 38.1 Å². The Morgan fingerprint density at radius 1 is 1.22 bits per heavy atom. The second-order valence-corrected chi connectivity index (χ2v) is 6.21. The van der Waals surface area contributed by atoms with E-state index in [4.69, 9.17) is 5.73 Å². The highest BCUT2D eigenvalue weighted by atomic mass is 16.4. The number of phenolic OH excluding ortho intramolecular Hbond substituents is 1. The summed E-state index contributed by atoms with van der Waals surface area (Å²) >= 11 is 0. The maximum Gasteiger partial charge on any atom is 0.306 e. The van der Waals surface area contributed by atoms with Gasteiger partial charge in [0.05, 0.1) is 12.0 Å². The van der Waals surface area contributed by atoms with Crippen molar-refractivity contribution in [1.29, 1.82) is 0 Å². The molecule has 126 valence electrons. The zero-order valence-electron chi connectivity index (χ0n) is 13.1. The van der Waals surface area contributed by atoms with E-state index in [-0.39, 0.29) is 23.5 Å². The van der Waals surface area contributed by atoms with E-state index in [1.54, 1.807) is 24.3 Å². The number of benzene rings is 1. The number of carbonyl (C=O) groups is 2. The molecule has 0 aliphatic heterocycles. The summed E-state index contributed by atoms with van der Waals surface area (Å²) in [5.41, 5.74) is 6.77. The van der Waals surface area contributed by atoms with E-state index >= 15 is 0 Å². The summed E-state index contributed by atoms with van der Waals surface area (Å²) in [6.07, 6.45) is 3.81. The number of phenols is 1. The Hall–Kier alpha value is -2.08. The Morgan fingerprint density at radius 3 is 2.52 bits per heavy atom. The van der Waals surface area contributed by atoms with Gasteiger partial charge in [0.25, 0.3) is 0 Å². The summed E-state index contributed by atoms with van der Waals surface area (Å²) in [6, 6.07) is 5.87. The van der Waals surface area contributed by atoms with E-state index in [0.29, 0.717) is 19.4 Å². The fourth-order valence-corrected chi connectivity index (χ4v) is 3.12. The first-order valence-electron chi connectivity index (χ1n) is 8.01. The third-order valence-electron chi connectivity index (χ3n) is 4.49. The monoisotopic (exact) mass is 320 g/mol. The molecule has 6 heteroatoms. The number of aliphatic carboxylic acids is 1. The lowest BCUT2D eigenvalue weighted by atomic mass is 9.79. The molecule has 3 atom stereocenters. The van der Waals surface area contributed by atoms with Gasteiger partial charge in [0, 0.05) is 6.54 Å². The quantitative estimate of drug-likeness (QED) is 0.630. The Kier molecular flexibility index (Phi) is 5.98. The van der Waals surface area contributed by atoms with Crippen LogP contribution in [0.15, 0.2) is 24.3 Å². The molecule has 1 amide bonds. The summed E-state index contributed by atoms with van der Waals surface area (Å²) < 4.78 is 0. The third kappa shape index (κ3) is 4.96. The lowest BCUT2D eigenvalue weighted by Crippen LogP contribution is -2.45. The van der Waals surface area contributed by atoms with E-state index in [2.05, 4.69) is 5.32 Å². The van der Waals surface area contributed by atoms with Gasteiger partial charge in [0.15, 0.2) is 0 Å². The van der Waals surface area contributed by atoms with Crippen molar-refractivity contribution >= 4 is 11.9 Å². The standard InChI is InChI=1S/C17H24N2O4/c18-15(9-11-5-7-13(20)8-6-11)16(21)19-10-12-3-1-2-4-14(12)17(22)23/h5-8,12,14-15,20H,1-4,9-10,18H2,(H,19,21)(H,22,23). The van der Waals surface area contributed by atoms with E-state index in [1.165, 1.54) is 0 Å². The Morgan fingerprint density at radius 2 is 1.87 bits per heavy atom. The minimum absolute atomic E-state index is 0.0222. The largest absolute Gasteiger partial charge is 0.508 e. The highest BCUT2D eigenvalue weighted by molar-refractivity contribution is 5.81. The van der Waals surface area contributed by atoms with Crippen LogP contribution in [0.3, 0.4) is 0 Å². The highest BCUT2D eigenvalue weighted by Crippen LogP contribution is 2.29. The van der Waals surface area contributed by atoms with Gasteiger partial charge >= 0.3 is 5.97 Å². The van der Waals surface area contributed by atoms with Crippen LogP contribution in [0.5, 0.6) is 5.75 Å². The molecule has 6 nitrogen and oxygen atoms in total. The van der Waals surface area contributed by atoms with Crippen LogP contribution < -0.4 is 11.1 Å². The summed E-state index contributed by atoms with van der Waals surface area (Å²) in [4.78, 5) is 23.4. The van der Waals surface area contributed by atoms with Crippen molar-refractivity contribution in [3.05, 3.63) is 29.8 Å². The molecule has 0 radical (unpaired) electrons. The number of nitrogens with one attached hydrogen (secondary N) is 1. The van der Waals surface area contributed by atoms with Crippen molar-refractivity contribution in [3.8, 4) is 5.75 Å². The molecule has 1 aromatic carbocycles. The molecule has 1 fully saturated rings. The summed E-state index contributed by atoms with van der Waals surface area (Å²) in [5.74, 6) is -1.28. The maximum atomic E-state index is 12.1. The molecule has 1 aliphatic rings. The van der Waals surface area contributed by atoms with Gasteiger partial charge in [-0.25, -0.2) is 0 Å². The van der Waals surface area contributed by atoms with Gasteiger partial charge < -0.3 is 21.3 Å². The molecule has 1 saturated carbocycles. The number of hydrogen-bond donors (Lipinski definition) is 4. The lowest BCUT2D eigenvalue weighted by molar-refractivity contribution is -0.145. The van der Waals surface area contributed by atoms with Gasteiger partial charge in [-0.2, -0.15) is 0 Å². The minimum Gasteiger partial charge on any atom is -0.508 e. The van der Waals surface area contributed by atoms with Crippen molar-refractivity contribution in [3.63, 3.8) is 0 Å². The smallest absolute Gasteiger partial charge is 0.306 e. The van der Waals surface area contributed by atoms with E-state index in [0.717, 1.165) is 24.8 Å². The fourth-order valence-electron chi connectivity index (χ4n) is 3.12. The molecule has 0 heterocycles. The summed E-state index contributed by atoms with van der Waals surface area (Å²) in [7, 11) is 0. The Bertz CT molecular complexity index is 544. The molecule has 0 saturated heterocycles. The average molecular weight is 320 g/mol. The second kappa shape index (κ2) is 7.97. The molecule has 0 bridgehead atoms. The van der Waals surface area contributed by atoms with Crippen molar-refractivity contribution in [2.24, 2.45) is 17.6 Å². The number of carboxylic acids is 1. The van der Waals surface area contributed by atoms with Gasteiger partial charge in [-0.3, -0.25) is 9.59 Å². The minimum atomic E-state index is -0.780. The number of carbonyl (C=O) groups excluding carboxylic acids is 1. The van der Waals surface area contributed by atoms with Crippen LogP contribution in [-0.4, -0.2) is 34.7 Å². The molecule has 23 heavy (non-hydrogen) atoms. The molecule has 0 aromatic heterocycles. The number of nitrogens with two attached hydrogens (primary N) is 1. The number of rotatable bonds is 6. The van der Waals surface area contributed by atoms with Crippen LogP contribution in [0.2, 0.25) is 0 Å². The zero-order valence-corrected chi connectivity index (χ0v) is 13.1. The highest BCUT2D eigenvalue weighted by Gasteiger charge is 2.31. The SMILES string of the molecule is NC(Cc1ccc(O)cc1)C(=O)NCC1CCCCC1C(=O)O. The zero-order chi connectivity index (χ0) is 16.8. The van der Waals surface area contributed by atoms with E-state index < -0.39 is 12.0 Å². The molecule has 2 rings (SSSR count). The predicted octanol–water partition coefficient (Wildman–Crippen LogP) is 1.27. The molecule has 3 unspecified atom stereocenters. The Labute approximate surface area is 135 Å². The van der Waals surface area contributed by atoms with Gasteiger partial charge in [-0.1, -0.05) is 25.0 Å². The average Bonchev–Trinajstić information content (AvgIpc) is 2.54. The first-order chi connectivity index (χ1) is 11.0. The summed E-state index contributed by atoms with van der Waals surface area (Å²) in [5, 5.41) is 21.3. The van der Waals surface area contributed by atoms with Crippen LogP contribution in [-0.2, 0) is 16.0 Å². The van der Waals surface area contributed by atoms with Crippen LogP contribution in [0.1, 0.15) is 31.2 Å². The van der Waals surface area contributed by atoms with Gasteiger partial charge in [-0.05, 0) is 42.9 Å². The fraction of sp³-hybridized carbons (Fsp3) is 0.529. The topological polar surface area (TPSA) is 113 Å². The van der Waals surface area contributed by atoms with Gasteiger partial charge in [-0.15, -0.1) is 0 Å². The molecule has 1 aliphatic carbocycles. The van der Waals surface area contributed by atoms with Crippen LogP contribution in [0.4, 0.5) is 0 Å². The normalized spacial score (nSPS) is 22.3. The van der Waals surface area contributed by atoms with Crippen LogP contribution >= 0.6 is 0 Å².